The van der Waals surface area contributed by atoms with Crippen molar-refractivity contribution in [3.63, 3.8) is 0 Å². The first-order valence-electron chi connectivity index (χ1n) is 9.49. The van der Waals surface area contributed by atoms with Gasteiger partial charge in [0.05, 0.1) is 15.2 Å². The Kier molecular flexibility index (Phi) is 4.78. The summed E-state index contributed by atoms with van der Waals surface area (Å²) in [5, 5.41) is 4.92. The molecule has 0 bridgehead atoms. The summed E-state index contributed by atoms with van der Waals surface area (Å²) in [6.07, 6.45) is 4.59. The first-order valence-corrected chi connectivity index (χ1v) is 10.3. The fraction of sp³-hybridized carbons (Fsp3) is 0.600. The lowest BCUT2D eigenvalue weighted by Gasteiger charge is -2.30. The van der Waals surface area contributed by atoms with Crippen molar-refractivity contribution in [1.29, 1.82) is 0 Å². The Balaban J connectivity index is 1.50. The van der Waals surface area contributed by atoms with Gasteiger partial charge < -0.3 is 10.2 Å². The minimum atomic E-state index is 0.196. The summed E-state index contributed by atoms with van der Waals surface area (Å²) in [5.41, 5.74) is 2.52. The number of rotatable bonds is 2. The highest BCUT2D eigenvalue weighted by Gasteiger charge is 2.25. The van der Waals surface area contributed by atoms with E-state index >= 15 is 0 Å². The number of piperidine rings is 2. The van der Waals surface area contributed by atoms with Crippen molar-refractivity contribution in [2.24, 2.45) is 5.92 Å². The van der Waals surface area contributed by atoms with E-state index in [0.29, 0.717) is 12.0 Å². The van der Waals surface area contributed by atoms with Crippen molar-refractivity contribution in [2.75, 3.05) is 19.6 Å². The Bertz CT molecular complexity index is 755. The molecule has 1 aromatic heterocycles. The molecule has 25 heavy (non-hydrogen) atoms. The lowest BCUT2D eigenvalue weighted by molar-refractivity contribution is -0.129. The van der Waals surface area contributed by atoms with Gasteiger partial charge in [-0.25, -0.2) is 4.98 Å². The van der Waals surface area contributed by atoms with Crippen LogP contribution in [0.25, 0.3) is 10.2 Å². The lowest BCUT2D eigenvalue weighted by atomic mass is 9.92. The van der Waals surface area contributed by atoms with Crippen LogP contribution in [0, 0.1) is 5.92 Å². The molecule has 1 N–H and O–H groups in total. The van der Waals surface area contributed by atoms with Crippen LogP contribution >= 0.6 is 11.3 Å². The maximum absolute atomic E-state index is 11.5. The van der Waals surface area contributed by atoms with Crippen molar-refractivity contribution in [3.8, 4) is 0 Å². The van der Waals surface area contributed by atoms with E-state index in [1.807, 2.05) is 16.2 Å². The van der Waals surface area contributed by atoms with Crippen molar-refractivity contribution in [3.05, 3.63) is 28.8 Å². The lowest BCUT2D eigenvalue weighted by Crippen LogP contribution is -2.36. The van der Waals surface area contributed by atoms with E-state index in [0.717, 1.165) is 43.9 Å². The Morgan fingerprint density at radius 3 is 2.72 bits per heavy atom. The maximum atomic E-state index is 11.5. The van der Waals surface area contributed by atoms with Gasteiger partial charge in [0.25, 0.3) is 0 Å². The Labute approximate surface area is 153 Å². The molecule has 0 saturated carbocycles. The summed E-state index contributed by atoms with van der Waals surface area (Å²) >= 11 is 1.83. The second-order valence-electron chi connectivity index (χ2n) is 7.70. The summed E-state index contributed by atoms with van der Waals surface area (Å²) in [6.45, 7) is 6.83. The quantitative estimate of drug-likeness (QED) is 0.881. The number of nitrogens with zero attached hydrogens (tertiary/aromatic N) is 2. The molecule has 2 aromatic rings. The van der Waals surface area contributed by atoms with Gasteiger partial charge in [0.1, 0.15) is 0 Å². The molecule has 2 aliphatic rings. The zero-order valence-corrected chi connectivity index (χ0v) is 15.9. The Morgan fingerprint density at radius 1 is 1.24 bits per heavy atom. The van der Waals surface area contributed by atoms with Crippen molar-refractivity contribution < 1.29 is 4.79 Å². The molecule has 0 aliphatic carbocycles. The van der Waals surface area contributed by atoms with Crippen molar-refractivity contribution in [2.45, 2.75) is 51.5 Å². The van der Waals surface area contributed by atoms with Gasteiger partial charge in [-0.3, -0.25) is 4.79 Å². The number of hydrogen-bond donors (Lipinski definition) is 1. The van der Waals surface area contributed by atoms with Crippen LogP contribution in [0.3, 0.4) is 0 Å². The van der Waals surface area contributed by atoms with Gasteiger partial charge in [-0.05, 0) is 55.8 Å². The number of amides is 1. The van der Waals surface area contributed by atoms with E-state index < -0.39 is 0 Å². The third-order valence-electron chi connectivity index (χ3n) is 5.78. The van der Waals surface area contributed by atoms with Crippen LogP contribution in [-0.4, -0.2) is 35.4 Å². The highest BCUT2D eigenvalue weighted by molar-refractivity contribution is 7.18. The highest BCUT2D eigenvalue weighted by Crippen LogP contribution is 2.35. The standard InChI is InChI=1S/C20H27N3OS/c1-13-3-5-17(21-12-13)16-4-6-19-18(11-16)22-20(25-19)15-7-9-23(10-8-15)14(2)24/h4,6,11,13,15,17,21H,3,5,7-10,12H2,1-2H3/t13-,17+/m0/s1. The van der Waals surface area contributed by atoms with Gasteiger partial charge in [0, 0.05) is 32.0 Å². The maximum Gasteiger partial charge on any atom is 0.219 e. The smallest absolute Gasteiger partial charge is 0.219 e. The molecule has 134 valence electrons. The first kappa shape index (κ1) is 17.0. The summed E-state index contributed by atoms with van der Waals surface area (Å²) in [6, 6.07) is 7.28. The fourth-order valence-electron chi connectivity index (χ4n) is 4.08. The first-order chi connectivity index (χ1) is 12.1. The van der Waals surface area contributed by atoms with Gasteiger partial charge in [0.15, 0.2) is 0 Å². The molecular weight excluding hydrogens is 330 g/mol. The predicted molar refractivity (Wildman–Crippen MR) is 103 cm³/mol. The van der Waals surface area contributed by atoms with Crippen LogP contribution in [0.5, 0.6) is 0 Å². The average Bonchev–Trinajstić information content (AvgIpc) is 3.05. The largest absolute Gasteiger partial charge is 0.343 e. The van der Waals surface area contributed by atoms with E-state index in [4.69, 9.17) is 4.98 Å². The Hall–Kier alpha value is -1.46. The third-order valence-corrected chi connectivity index (χ3v) is 6.98. The summed E-state index contributed by atoms with van der Waals surface area (Å²) < 4.78 is 1.29. The number of carbonyl (C=O) groups excluding carboxylic acids is 1. The van der Waals surface area contributed by atoms with E-state index in [1.54, 1.807) is 6.92 Å². The normalized spacial score (nSPS) is 25.4. The van der Waals surface area contributed by atoms with Gasteiger partial charge in [-0.15, -0.1) is 11.3 Å². The molecule has 2 aliphatic heterocycles. The minimum Gasteiger partial charge on any atom is -0.343 e. The number of thiazole rings is 1. The number of likely N-dealkylation sites (tertiary alicyclic amines) is 1. The number of carbonyl (C=O) groups is 1. The Morgan fingerprint density at radius 2 is 2.04 bits per heavy atom. The molecule has 1 aromatic carbocycles. The van der Waals surface area contributed by atoms with Crippen molar-refractivity contribution in [1.82, 2.24) is 15.2 Å². The van der Waals surface area contributed by atoms with Crippen molar-refractivity contribution >= 4 is 27.5 Å². The fourth-order valence-corrected chi connectivity index (χ4v) is 5.20. The predicted octanol–water partition coefficient (Wildman–Crippen LogP) is 4.08. The molecule has 4 rings (SSSR count). The molecule has 2 atom stereocenters. The minimum absolute atomic E-state index is 0.196. The third kappa shape index (κ3) is 3.58. The van der Waals surface area contributed by atoms with Gasteiger partial charge in [0.2, 0.25) is 5.91 Å². The molecule has 2 saturated heterocycles. The molecule has 0 spiro atoms. The molecule has 3 heterocycles. The van der Waals surface area contributed by atoms with Crippen LogP contribution in [0.1, 0.15) is 62.1 Å². The summed E-state index contributed by atoms with van der Waals surface area (Å²) in [4.78, 5) is 18.4. The van der Waals surface area contributed by atoms with Crippen LogP contribution in [0.2, 0.25) is 0 Å². The molecule has 0 unspecified atom stereocenters. The molecular formula is C20H27N3OS. The van der Waals surface area contributed by atoms with E-state index in [9.17, 15) is 4.79 Å². The number of aromatic nitrogens is 1. The second kappa shape index (κ2) is 7.04. The van der Waals surface area contributed by atoms with Crippen LogP contribution in [0.4, 0.5) is 0 Å². The van der Waals surface area contributed by atoms with E-state index in [1.165, 1.54) is 28.1 Å². The highest BCUT2D eigenvalue weighted by atomic mass is 32.1. The molecule has 2 fully saturated rings. The number of nitrogens with one attached hydrogen (secondary N) is 1. The SMILES string of the molecule is CC(=O)N1CCC(c2nc3cc([C@H]4CC[C@H](C)CN4)ccc3s2)CC1. The molecule has 0 radical (unpaired) electrons. The molecule has 5 heteroatoms. The second-order valence-corrected chi connectivity index (χ2v) is 8.77. The van der Waals surface area contributed by atoms with Crippen LogP contribution < -0.4 is 5.32 Å². The monoisotopic (exact) mass is 357 g/mol. The topological polar surface area (TPSA) is 45.2 Å². The molecule has 1 amide bonds. The zero-order valence-electron chi connectivity index (χ0n) is 15.1. The van der Waals surface area contributed by atoms with Gasteiger partial charge in [-0.1, -0.05) is 13.0 Å². The van der Waals surface area contributed by atoms with Gasteiger partial charge >= 0.3 is 0 Å². The van der Waals surface area contributed by atoms with Crippen LogP contribution in [-0.2, 0) is 4.79 Å². The average molecular weight is 358 g/mol. The number of benzene rings is 1. The van der Waals surface area contributed by atoms with Crippen LogP contribution in [0.15, 0.2) is 18.2 Å². The number of fused-ring (bicyclic) bond motifs is 1. The molecule has 4 nitrogen and oxygen atoms in total. The van der Waals surface area contributed by atoms with Gasteiger partial charge in [-0.2, -0.15) is 0 Å². The summed E-state index contributed by atoms with van der Waals surface area (Å²) in [5.74, 6) is 1.48. The van der Waals surface area contributed by atoms with E-state index in [-0.39, 0.29) is 5.91 Å². The summed E-state index contributed by atoms with van der Waals surface area (Å²) in [7, 11) is 0. The number of hydrogen-bond acceptors (Lipinski definition) is 4. The van der Waals surface area contributed by atoms with E-state index in [2.05, 4.69) is 30.4 Å². The zero-order chi connectivity index (χ0) is 17.4.